The van der Waals surface area contributed by atoms with Crippen LogP contribution in [0.2, 0.25) is 0 Å². The van der Waals surface area contributed by atoms with Gasteiger partial charge in [-0.1, -0.05) is 0 Å². The molecule has 3 aromatic heterocycles. The summed E-state index contributed by atoms with van der Waals surface area (Å²) in [5.41, 5.74) is 2.30. The van der Waals surface area contributed by atoms with Crippen LogP contribution in [0.15, 0.2) is 23.0 Å². The van der Waals surface area contributed by atoms with E-state index in [2.05, 4.69) is 21.3 Å². The van der Waals surface area contributed by atoms with Crippen molar-refractivity contribution in [3.05, 3.63) is 39.2 Å². The molecule has 0 unspecified atom stereocenters. The fourth-order valence-electron chi connectivity index (χ4n) is 2.65. The molecule has 0 radical (unpaired) electrons. The molecule has 98 valence electrons. The van der Waals surface area contributed by atoms with E-state index in [1.54, 1.807) is 11.3 Å². The molecule has 0 bridgehead atoms. The van der Waals surface area contributed by atoms with E-state index in [1.807, 2.05) is 27.3 Å². The second kappa shape index (κ2) is 4.33. The van der Waals surface area contributed by atoms with Crippen LogP contribution in [0.4, 0.5) is 5.82 Å². The minimum atomic E-state index is 0.0280. The van der Waals surface area contributed by atoms with Gasteiger partial charge in [-0.2, -0.15) is 0 Å². The quantitative estimate of drug-likeness (QED) is 0.789. The molecule has 4 rings (SSSR count). The standard InChI is InChI=1S/C13H13N3OS2/c17-8-10-12(14-13-16(10)4-6-19-13)15-3-1-11-9(7-15)2-5-18-11/h2,4-6,17H,1,3,7-8H2. The first-order valence-corrected chi connectivity index (χ1v) is 7.98. The number of anilines is 1. The van der Waals surface area contributed by atoms with Gasteiger partial charge in [-0.25, -0.2) is 4.98 Å². The molecule has 1 aliphatic rings. The highest BCUT2D eigenvalue weighted by molar-refractivity contribution is 7.15. The summed E-state index contributed by atoms with van der Waals surface area (Å²) < 4.78 is 1.99. The van der Waals surface area contributed by atoms with E-state index in [4.69, 9.17) is 0 Å². The van der Waals surface area contributed by atoms with Crippen molar-refractivity contribution in [2.45, 2.75) is 19.6 Å². The second-order valence-corrected chi connectivity index (χ2v) is 6.51. The lowest BCUT2D eigenvalue weighted by atomic mass is 10.1. The van der Waals surface area contributed by atoms with Gasteiger partial charge in [0.2, 0.25) is 0 Å². The number of hydrogen-bond donors (Lipinski definition) is 1. The molecule has 6 heteroatoms. The lowest BCUT2D eigenvalue weighted by Gasteiger charge is -2.27. The maximum absolute atomic E-state index is 9.63. The third kappa shape index (κ3) is 1.71. The second-order valence-electron chi connectivity index (χ2n) is 4.64. The molecule has 19 heavy (non-hydrogen) atoms. The van der Waals surface area contributed by atoms with Crippen LogP contribution in [-0.4, -0.2) is 21.0 Å². The monoisotopic (exact) mass is 291 g/mol. The molecule has 1 aliphatic heterocycles. The number of thiophene rings is 1. The van der Waals surface area contributed by atoms with Crippen molar-refractivity contribution in [2.24, 2.45) is 0 Å². The van der Waals surface area contributed by atoms with Gasteiger partial charge in [-0.3, -0.25) is 4.40 Å². The lowest BCUT2D eigenvalue weighted by molar-refractivity contribution is 0.276. The number of nitrogens with zero attached hydrogens (tertiary/aromatic N) is 3. The van der Waals surface area contributed by atoms with Crippen molar-refractivity contribution in [3.63, 3.8) is 0 Å². The third-order valence-corrected chi connectivity index (χ3v) is 5.38. The van der Waals surface area contributed by atoms with E-state index in [-0.39, 0.29) is 6.61 Å². The molecule has 4 heterocycles. The Balaban J connectivity index is 1.77. The summed E-state index contributed by atoms with van der Waals surface area (Å²) in [4.78, 5) is 9.40. The van der Waals surface area contributed by atoms with Gasteiger partial charge in [0.25, 0.3) is 0 Å². The molecule has 0 fully saturated rings. The molecule has 0 spiro atoms. The zero-order valence-electron chi connectivity index (χ0n) is 10.2. The molecule has 0 saturated heterocycles. The van der Waals surface area contributed by atoms with Gasteiger partial charge < -0.3 is 10.0 Å². The van der Waals surface area contributed by atoms with Crippen LogP contribution < -0.4 is 4.90 Å². The smallest absolute Gasteiger partial charge is 0.195 e. The Labute approximate surface area is 118 Å². The average Bonchev–Trinajstić information content (AvgIpc) is 3.12. The topological polar surface area (TPSA) is 40.8 Å². The number of hydrogen-bond acceptors (Lipinski definition) is 5. The molecule has 1 N–H and O–H groups in total. The number of aliphatic hydroxyl groups is 1. The molecular formula is C13H13N3OS2. The van der Waals surface area contributed by atoms with Gasteiger partial charge in [-0.15, -0.1) is 22.7 Å². The summed E-state index contributed by atoms with van der Waals surface area (Å²) in [6, 6.07) is 2.20. The molecule has 0 amide bonds. The largest absolute Gasteiger partial charge is 0.390 e. The molecule has 0 aromatic carbocycles. The Morgan fingerprint density at radius 1 is 1.32 bits per heavy atom. The Hall–Kier alpha value is -1.37. The molecular weight excluding hydrogens is 278 g/mol. The van der Waals surface area contributed by atoms with Crippen LogP contribution >= 0.6 is 22.7 Å². The van der Waals surface area contributed by atoms with E-state index in [9.17, 15) is 5.11 Å². The van der Waals surface area contributed by atoms with Gasteiger partial charge in [0, 0.05) is 29.5 Å². The summed E-state index contributed by atoms with van der Waals surface area (Å²) in [7, 11) is 0. The van der Waals surface area contributed by atoms with Gasteiger partial charge in [-0.05, 0) is 23.4 Å². The predicted octanol–water partition coefficient (Wildman–Crippen LogP) is 2.51. The Bertz CT molecular complexity index is 727. The number of thiazole rings is 1. The van der Waals surface area contributed by atoms with Crippen LogP contribution in [0.25, 0.3) is 4.96 Å². The zero-order valence-corrected chi connectivity index (χ0v) is 11.9. The Morgan fingerprint density at radius 3 is 3.16 bits per heavy atom. The van der Waals surface area contributed by atoms with Crippen LogP contribution in [-0.2, 0) is 19.6 Å². The highest BCUT2D eigenvalue weighted by atomic mass is 32.1. The summed E-state index contributed by atoms with van der Waals surface area (Å²) in [5.74, 6) is 0.936. The lowest BCUT2D eigenvalue weighted by Crippen LogP contribution is -2.30. The minimum Gasteiger partial charge on any atom is -0.390 e. The highest BCUT2D eigenvalue weighted by Crippen LogP contribution is 2.30. The Kier molecular flexibility index (Phi) is 2.61. The fraction of sp³-hybridized carbons (Fsp3) is 0.308. The van der Waals surface area contributed by atoms with Crippen LogP contribution in [0.5, 0.6) is 0 Å². The molecule has 3 aromatic rings. The third-order valence-electron chi connectivity index (χ3n) is 3.60. The van der Waals surface area contributed by atoms with Crippen molar-refractivity contribution in [3.8, 4) is 0 Å². The van der Waals surface area contributed by atoms with E-state index >= 15 is 0 Å². The first-order valence-electron chi connectivity index (χ1n) is 6.22. The summed E-state index contributed by atoms with van der Waals surface area (Å²) >= 11 is 3.44. The van der Waals surface area contributed by atoms with E-state index in [1.165, 1.54) is 10.4 Å². The summed E-state index contributed by atoms with van der Waals surface area (Å²) in [6.07, 6.45) is 3.05. The first-order chi connectivity index (χ1) is 9.36. The van der Waals surface area contributed by atoms with Crippen LogP contribution in [0, 0.1) is 0 Å². The molecule has 0 aliphatic carbocycles. The van der Waals surface area contributed by atoms with Crippen LogP contribution in [0.1, 0.15) is 16.1 Å². The average molecular weight is 291 g/mol. The summed E-state index contributed by atoms with van der Waals surface area (Å²) in [5, 5.41) is 13.8. The van der Waals surface area contributed by atoms with Crippen molar-refractivity contribution in [2.75, 3.05) is 11.4 Å². The fourth-order valence-corrected chi connectivity index (χ4v) is 4.27. The van der Waals surface area contributed by atoms with Crippen molar-refractivity contribution in [1.82, 2.24) is 9.38 Å². The minimum absolute atomic E-state index is 0.0280. The van der Waals surface area contributed by atoms with Gasteiger partial charge >= 0.3 is 0 Å². The zero-order chi connectivity index (χ0) is 12.8. The maximum Gasteiger partial charge on any atom is 0.195 e. The number of fused-ring (bicyclic) bond motifs is 2. The van der Waals surface area contributed by atoms with Gasteiger partial charge in [0.05, 0.1) is 12.3 Å². The highest BCUT2D eigenvalue weighted by Gasteiger charge is 2.23. The first kappa shape index (κ1) is 11.5. The van der Waals surface area contributed by atoms with Crippen molar-refractivity contribution < 1.29 is 5.11 Å². The molecule has 4 nitrogen and oxygen atoms in total. The molecule has 0 atom stereocenters. The van der Waals surface area contributed by atoms with Crippen molar-refractivity contribution in [1.29, 1.82) is 0 Å². The predicted molar refractivity (Wildman–Crippen MR) is 78.1 cm³/mol. The molecule has 0 saturated carbocycles. The van der Waals surface area contributed by atoms with E-state index in [0.717, 1.165) is 36.0 Å². The van der Waals surface area contributed by atoms with Crippen LogP contribution in [0.3, 0.4) is 0 Å². The van der Waals surface area contributed by atoms with E-state index < -0.39 is 0 Å². The van der Waals surface area contributed by atoms with Gasteiger partial charge in [0.1, 0.15) is 0 Å². The number of rotatable bonds is 2. The van der Waals surface area contributed by atoms with Crippen molar-refractivity contribution >= 4 is 33.5 Å². The van der Waals surface area contributed by atoms with E-state index in [0.29, 0.717) is 0 Å². The van der Waals surface area contributed by atoms with Gasteiger partial charge in [0.15, 0.2) is 10.8 Å². The number of imidazole rings is 1. The normalized spacial score (nSPS) is 15.1. The SMILES string of the molecule is OCc1c(N2CCc3sccc3C2)nc2sccn12. The summed E-state index contributed by atoms with van der Waals surface area (Å²) in [6.45, 7) is 1.91. The Morgan fingerprint density at radius 2 is 2.26 bits per heavy atom. The number of aliphatic hydroxyl groups excluding tert-OH is 1. The maximum atomic E-state index is 9.63. The number of aromatic nitrogens is 2.